The van der Waals surface area contributed by atoms with Crippen molar-refractivity contribution < 1.29 is 18.4 Å². The average Bonchev–Trinajstić information content (AvgIpc) is 3.23. The molecule has 0 radical (unpaired) electrons. The van der Waals surface area contributed by atoms with E-state index in [1.165, 1.54) is 29.5 Å². The van der Waals surface area contributed by atoms with E-state index in [2.05, 4.69) is 4.98 Å². The number of hydrogen-bond donors (Lipinski definition) is 0. The standard InChI is InChI=1S/C23H23F2N3O2/c24-20-9-16(12-26)8-19(11-20)22-5-6-30-28(22)23(29)18-3-1-15(2-4-18)7-17-10-21(25)14-27-13-17/h8-11,13-15,18,22H,1-7H2/t15?,18?,22-/m0/s1. The molecule has 2 aliphatic rings. The number of nitriles is 1. The molecule has 1 amide bonds. The minimum Gasteiger partial charge on any atom is -0.272 e. The van der Waals surface area contributed by atoms with Gasteiger partial charge in [0, 0.05) is 18.5 Å². The zero-order chi connectivity index (χ0) is 21.1. The lowest BCUT2D eigenvalue weighted by Crippen LogP contribution is -2.36. The van der Waals surface area contributed by atoms with Gasteiger partial charge in [-0.1, -0.05) is 0 Å². The van der Waals surface area contributed by atoms with Crippen molar-refractivity contribution in [2.24, 2.45) is 11.8 Å². The Balaban J connectivity index is 1.39. The molecular formula is C23H23F2N3O2. The van der Waals surface area contributed by atoms with Crippen molar-refractivity contribution in [1.29, 1.82) is 5.26 Å². The van der Waals surface area contributed by atoms with Crippen LogP contribution in [0.4, 0.5) is 8.78 Å². The fraction of sp³-hybridized carbons (Fsp3) is 0.435. The van der Waals surface area contributed by atoms with E-state index in [4.69, 9.17) is 10.1 Å². The molecule has 1 saturated carbocycles. The molecule has 1 aromatic carbocycles. The van der Waals surface area contributed by atoms with E-state index in [0.29, 0.717) is 24.5 Å². The normalized spacial score (nSPS) is 23.9. The summed E-state index contributed by atoms with van der Waals surface area (Å²) in [4.78, 5) is 22.6. The van der Waals surface area contributed by atoms with Crippen LogP contribution in [0, 0.1) is 34.8 Å². The molecule has 5 nitrogen and oxygen atoms in total. The predicted molar refractivity (Wildman–Crippen MR) is 105 cm³/mol. The second-order valence-electron chi connectivity index (χ2n) is 8.12. The summed E-state index contributed by atoms with van der Waals surface area (Å²) in [6.07, 6.45) is 7.46. The van der Waals surface area contributed by atoms with Crippen molar-refractivity contribution in [3.05, 3.63) is 65.0 Å². The Kier molecular flexibility index (Phi) is 6.05. The Morgan fingerprint density at radius 2 is 1.90 bits per heavy atom. The summed E-state index contributed by atoms with van der Waals surface area (Å²) in [5.74, 6) is -0.641. The third kappa shape index (κ3) is 4.49. The number of pyridine rings is 1. The number of carbonyl (C=O) groups is 1. The van der Waals surface area contributed by atoms with Gasteiger partial charge in [-0.15, -0.1) is 0 Å². The molecule has 0 unspecified atom stereocenters. The van der Waals surface area contributed by atoms with Gasteiger partial charge in [0.05, 0.1) is 30.5 Å². The quantitative estimate of drug-likeness (QED) is 0.744. The molecule has 4 rings (SSSR count). The molecule has 156 valence electrons. The molecule has 1 saturated heterocycles. The highest BCUT2D eigenvalue weighted by Gasteiger charge is 2.37. The molecule has 2 aromatic rings. The Labute approximate surface area is 174 Å². The maximum Gasteiger partial charge on any atom is 0.249 e. The molecule has 0 spiro atoms. The molecule has 0 bridgehead atoms. The molecule has 1 aromatic heterocycles. The molecule has 1 aliphatic carbocycles. The third-order valence-corrected chi connectivity index (χ3v) is 6.04. The van der Waals surface area contributed by atoms with E-state index in [1.807, 2.05) is 6.07 Å². The molecule has 7 heteroatoms. The van der Waals surface area contributed by atoms with Gasteiger partial charge in [-0.2, -0.15) is 5.26 Å². The average molecular weight is 411 g/mol. The minimum atomic E-state index is -0.490. The van der Waals surface area contributed by atoms with Gasteiger partial charge >= 0.3 is 0 Å². The predicted octanol–water partition coefficient (Wildman–Crippen LogP) is 4.49. The van der Waals surface area contributed by atoms with Crippen molar-refractivity contribution in [1.82, 2.24) is 10.0 Å². The maximum atomic E-state index is 13.9. The smallest absolute Gasteiger partial charge is 0.249 e. The first-order valence-electron chi connectivity index (χ1n) is 10.3. The molecule has 1 atom stereocenters. The lowest BCUT2D eigenvalue weighted by atomic mass is 9.79. The number of benzene rings is 1. The van der Waals surface area contributed by atoms with Crippen LogP contribution in [0.1, 0.15) is 54.8 Å². The second-order valence-corrected chi connectivity index (χ2v) is 8.12. The summed E-state index contributed by atoms with van der Waals surface area (Å²) in [6, 6.07) is 7.26. The third-order valence-electron chi connectivity index (χ3n) is 6.04. The largest absolute Gasteiger partial charge is 0.272 e. The molecule has 1 aliphatic heterocycles. The van der Waals surface area contributed by atoms with Crippen LogP contribution in [0.3, 0.4) is 0 Å². The zero-order valence-electron chi connectivity index (χ0n) is 16.6. The molecule has 2 fully saturated rings. The summed E-state index contributed by atoms with van der Waals surface area (Å²) in [7, 11) is 0. The minimum absolute atomic E-state index is 0.0776. The first-order chi connectivity index (χ1) is 14.5. The van der Waals surface area contributed by atoms with Gasteiger partial charge in [-0.3, -0.25) is 14.6 Å². The number of hydroxylamine groups is 2. The van der Waals surface area contributed by atoms with Gasteiger partial charge in [0.25, 0.3) is 0 Å². The number of hydrogen-bond acceptors (Lipinski definition) is 4. The van der Waals surface area contributed by atoms with Crippen molar-refractivity contribution in [2.75, 3.05) is 6.61 Å². The number of halogens is 2. The summed E-state index contributed by atoms with van der Waals surface area (Å²) < 4.78 is 27.2. The van der Waals surface area contributed by atoms with E-state index < -0.39 is 5.82 Å². The summed E-state index contributed by atoms with van der Waals surface area (Å²) >= 11 is 0. The van der Waals surface area contributed by atoms with Gasteiger partial charge in [0.1, 0.15) is 11.6 Å². The van der Waals surface area contributed by atoms with E-state index in [9.17, 15) is 13.6 Å². The first-order valence-corrected chi connectivity index (χ1v) is 10.3. The van der Waals surface area contributed by atoms with E-state index in [0.717, 1.165) is 37.7 Å². The number of carbonyl (C=O) groups excluding carboxylic acids is 1. The maximum absolute atomic E-state index is 13.9. The van der Waals surface area contributed by atoms with Crippen LogP contribution >= 0.6 is 0 Å². The molecule has 30 heavy (non-hydrogen) atoms. The molecular weight excluding hydrogens is 388 g/mol. The van der Waals surface area contributed by atoms with Crippen LogP contribution in [0.2, 0.25) is 0 Å². The molecule has 0 N–H and O–H groups in total. The highest BCUT2D eigenvalue weighted by atomic mass is 19.1. The van der Waals surface area contributed by atoms with Crippen molar-refractivity contribution in [2.45, 2.75) is 44.6 Å². The summed E-state index contributed by atoms with van der Waals surface area (Å²) in [5, 5.41) is 10.5. The van der Waals surface area contributed by atoms with Gasteiger partial charge in [-0.25, -0.2) is 13.8 Å². The number of rotatable bonds is 4. The lowest BCUT2D eigenvalue weighted by molar-refractivity contribution is -0.183. The Morgan fingerprint density at radius 3 is 2.63 bits per heavy atom. The van der Waals surface area contributed by atoms with Crippen LogP contribution in [-0.2, 0) is 16.1 Å². The van der Waals surface area contributed by atoms with Gasteiger partial charge in [0.2, 0.25) is 5.91 Å². The van der Waals surface area contributed by atoms with Crippen LogP contribution in [0.15, 0.2) is 36.7 Å². The van der Waals surface area contributed by atoms with Crippen LogP contribution < -0.4 is 0 Å². The van der Waals surface area contributed by atoms with Crippen molar-refractivity contribution in [3.63, 3.8) is 0 Å². The van der Waals surface area contributed by atoms with E-state index in [1.54, 1.807) is 12.3 Å². The van der Waals surface area contributed by atoms with Crippen molar-refractivity contribution >= 4 is 5.91 Å². The SMILES string of the molecule is N#Cc1cc(F)cc([C@@H]2CCON2C(=O)C2CCC(Cc3cncc(F)c3)CC2)c1. The van der Waals surface area contributed by atoms with Gasteiger partial charge in [-0.05, 0) is 73.4 Å². The van der Waals surface area contributed by atoms with Gasteiger partial charge in [0.15, 0.2) is 0 Å². The fourth-order valence-electron chi connectivity index (χ4n) is 4.55. The molecule has 2 heterocycles. The number of nitrogens with zero attached hydrogens (tertiary/aromatic N) is 3. The second kappa shape index (κ2) is 8.88. The van der Waals surface area contributed by atoms with Crippen molar-refractivity contribution in [3.8, 4) is 6.07 Å². The topological polar surface area (TPSA) is 66.2 Å². The zero-order valence-corrected chi connectivity index (χ0v) is 16.6. The van der Waals surface area contributed by atoms with Gasteiger partial charge < -0.3 is 0 Å². The summed E-state index contributed by atoms with van der Waals surface area (Å²) in [5.41, 5.74) is 1.70. The number of amides is 1. The lowest BCUT2D eigenvalue weighted by Gasteiger charge is -2.32. The highest BCUT2D eigenvalue weighted by molar-refractivity contribution is 5.78. The van der Waals surface area contributed by atoms with E-state index in [-0.39, 0.29) is 29.2 Å². The Morgan fingerprint density at radius 1 is 1.10 bits per heavy atom. The van der Waals surface area contributed by atoms with Crippen LogP contribution in [-0.4, -0.2) is 22.6 Å². The van der Waals surface area contributed by atoms with Crippen LogP contribution in [0.25, 0.3) is 0 Å². The Hall–Kier alpha value is -2.85. The Bertz CT molecular complexity index is 967. The number of aromatic nitrogens is 1. The van der Waals surface area contributed by atoms with E-state index >= 15 is 0 Å². The monoisotopic (exact) mass is 411 g/mol. The van der Waals surface area contributed by atoms with Crippen LogP contribution in [0.5, 0.6) is 0 Å². The fourth-order valence-corrected chi connectivity index (χ4v) is 4.55. The first kappa shape index (κ1) is 20.4. The summed E-state index contributed by atoms with van der Waals surface area (Å²) in [6.45, 7) is 0.386. The highest BCUT2D eigenvalue weighted by Crippen LogP contribution is 2.37.